The SMILES string of the molecule is CCCCc1cn(CC2CCCN(C(=O)C(C)(C)CC)C2)nn1. The summed E-state index contributed by atoms with van der Waals surface area (Å²) in [6, 6.07) is 0. The average molecular weight is 320 g/mol. The minimum Gasteiger partial charge on any atom is -0.342 e. The third kappa shape index (κ3) is 4.79. The maximum Gasteiger partial charge on any atom is 0.228 e. The maximum atomic E-state index is 12.7. The van der Waals surface area contributed by atoms with Crippen LogP contribution in [0.15, 0.2) is 6.20 Å². The summed E-state index contributed by atoms with van der Waals surface area (Å²) in [5.74, 6) is 0.785. The molecule has 0 radical (unpaired) electrons. The molecule has 0 aliphatic carbocycles. The third-order valence-electron chi connectivity index (χ3n) is 5.09. The van der Waals surface area contributed by atoms with E-state index >= 15 is 0 Å². The highest BCUT2D eigenvalue weighted by molar-refractivity contribution is 5.82. The third-order valence-corrected chi connectivity index (χ3v) is 5.09. The van der Waals surface area contributed by atoms with E-state index in [9.17, 15) is 4.79 Å². The van der Waals surface area contributed by atoms with E-state index in [1.807, 2.05) is 4.68 Å². The molecule has 1 amide bonds. The van der Waals surface area contributed by atoms with E-state index in [1.165, 1.54) is 12.8 Å². The van der Waals surface area contributed by atoms with E-state index in [2.05, 4.69) is 49.1 Å². The van der Waals surface area contributed by atoms with Gasteiger partial charge in [-0.1, -0.05) is 39.3 Å². The number of carbonyl (C=O) groups excluding carboxylic acids is 1. The molecule has 0 aromatic carbocycles. The predicted molar refractivity (Wildman–Crippen MR) is 92.0 cm³/mol. The van der Waals surface area contributed by atoms with Gasteiger partial charge < -0.3 is 4.90 Å². The van der Waals surface area contributed by atoms with Crippen LogP contribution in [0.1, 0.15) is 65.5 Å². The zero-order chi connectivity index (χ0) is 16.9. The molecule has 0 N–H and O–H groups in total. The van der Waals surface area contributed by atoms with Crippen molar-refractivity contribution in [1.82, 2.24) is 19.9 Å². The number of piperidine rings is 1. The van der Waals surface area contributed by atoms with E-state index in [-0.39, 0.29) is 5.41 Å². The Labute approximate surface area is 140 Å². The molecule has 5 nitrogen and oxygen atoms in total. The minimum atomic E-state index is -0.248. The predicted octanol–water partition coefficient (Wildman–Crippen LogP) is 3.30. The van der Waals surface area contributed by atoms with Crippen molar-refractivity contribution in [2.24, 2.45) is 11.3 Å². The molecule has 5 heteroatoms. The number of aryl methyl sites for hydroxylation is 1. The van der Waals surface area contributed by atoms with Gasteiger partial charge in [-0.05, 0) is 38.0 Å². The highest BCUT2D eigenvalue weighted by atomic mass is 16.2. The van der Waals surface area contributed by atoms with Gasteiger partial charge in [-0.25, -0.2) is 0 Å². The van der Waals surface area contributed by atoms with Crippen molar-refractivity contribution < 1.29 is 4.79 Å². The van der Waals surface area contributed by atoms with Gasteiger partial charge in [0.25, 0.3) is 0 Å². The van der Waals surface area contributed by atoms with E-state index in [0.717, 1.165) is 51.0 Å². The van der Waals surface area contributed by atoms with Crippen LogP contribution in [-0.2, 0) is 17.8 Å². The van der Waals surface area contributed by atoms with Gasteiger partial charge in [0, 0.05) is 31.2 Å². The van der Waals surface area contributed by atoms with Gasteiger partial charge in [0.05, 0.1) is 5.69 Å². The molecule has 130 valence electrons. The van der Waals surface area contributed by atoms with Crippen LogP contribution in [0, 0.1) is 11.3 Å². The molecule has 1 aliphatic rings. The summed E-state index contributed by atoms with van der Waals surface area (Å²) in [5, 5.41) is 8.52. The molecular weight excluding hydrogens is 288 g/mol. The summed E-state index contributed by atoms with van der Waals surface area (Å²) in [7, 11) is 0. The van der Waals surface area contributed by atoms with Gasteiger partial charge in [0.15, 0.2) is 0 Å². The molecule has 1 aromatic rings. The van der Waals surface area contributed by atoms with Crippen LogP contribution in [0.4, 0.5) is 0 Å². The van der Waals surface area contributed by atoms with Crippen molar-refractivity contribution in [1.29, 1.82) is 0 Å². The van der Waals surface area contributed by atoms with Crippen molar-refractivity contribution in [3.05, 3.63) is 11.9 Å². The van der Waals surface area contributed by atoms with E-state index in [0.29, 0.717) is 11.8 Å². The summed E-state index contributed by atoms with van der Waals surface area (Å²) < 4.78 is 1.97. The number of hydrogen-bond acceptors (Lipinski definition) is 3. The van der Waals surface area contributed by atoms with Gasteiger partial charge in [0.2, 0.25) is 5.91 Å². The lowest BCUT2D eigenvalue weighted by Gasteiger charge is -2.37. The first-order valence-electron chi connectivity index (χ1n) is 9.14. The quantitative estimate of drug-likeness (QED) is 0.774. The fourth-order valence-electron chi connectivity index (χ4n) is 3.14. The molecule has 2 heterocycles. The van der Waals surface area contributed by atoms with Crippen molar-refractivity contribution in [3.63, 3.8) is 0 Å². The summed E-state index contributed by atoms with van der Waals surface area (Å²) in [6.45, 7) is 11.0. The zero-order valence-corrected chi connectivity index (χ0v) is 15.2. The number of amides is 1. The normalized spacial score (nSPS) is 19.1. The Hall–Kier alpha value is -1.39. The summed E-state index contributed by atoms with van der Waals surface area (Å²) in [6.07, 6.45) is 8.57. The van der Waals surface area contributed by atoms with Crippen molar-refractivity contribution in [3.8, 4) is 0 Å². The molecule has 1 atom stereocenters. The second-order valence-corrected chi connectivity index (χ2v) is 7.53. The summed E-state index contributed by atoms with van der Waals surface area (Å²) >= 11 is 0. The molecule has 1 aromatic heterocycles. The molecule has 1 fully saturated rings. The Morgan fingerprint density at radius 1 is 1.39 bits per heavy atom. The minimum absolute atomic E-state index is 0.248. The molecular formula is C18H32N4O. The standard InChI is InChI=1S/C18H32N4O/c1-5-7-10-16-14-22(20-19-16)13-15-9-8-11-21(12-15)17(23)18(3,4)6-2/h14-15H,5-13H2,1-4H3. The fourth-order valence-corrected chi connectivity index (χ4v) is 3.14. The van der Waals surface area contributed by atoms with E-state index in [4.69, 9.17) is 0 Å². The number of hydrogen-bond donors (Lipinski definition) is 0. The van der Waals surface area contributed by atoms with Gasteiger partial charge in [-0.3, -0.25) is 9.48 Å². The van der Waals surface area contributed by atoms with Gasteiger partial charge in [-0.15, -0.1) is 5.10 Å². The molecule has 0 saturated carbocycles. The van der Waals surface area contributed by atoms with Crippen molar-refractivity contribution in [2.45, 2.75) is 72.8 Å². The summed E-state index contributed by atoms with van der Waals surface area (Å²) in [5.41, 5.74) is 0.838. The largest absolute Gasteiger partial charge is 0.342 e. The Kier molecular flexibility index (Phi) is 6.19. The van der Waals surface area contributed by atoms with Crippen molar-refractivity contribution in [2.75, 3.05) is 13.1 Å². The second-order valence-electron chi connectivity index (χ2n) is 7.53. The number of unbranched alkanes of at least 4 members (excludes halogenated alkanes) is 1. The lowest BCUT2D eigenvalue weighted by Crippen LogP contribution is -2.46. The topological polar surface area (TPSA) is 51.0 Å². The van der Waals surface area contributed by atoms with Gasteiger partial charge in [-0.2, -0.15) is 0 Å². The second kappa shape index (κ2) is 7.93. The number of aromatic nitrogens is 3. The van der Waals surface area contributed by atoms with Gasteiger partial charge >= 0.3 is 0 Å². The van der Waals surface area contributed by atoms with Crippen LogP contribution < -0.4 is 0 Å². The Morgan fingerprint density at radius 3 is 2.87 bits per heavy atom. The van der Waals surface area contributed by atoms with Crippen LogP contribution >= 0.6 is 0 Å². The Balaban J connectivity index is 1.91. The Bertz CT molecular complexity index is 509. The Morgan fingerprint density at radius 2 is 2.17 bits per heavy atom. The van der Waals surface area contributed by atoms with Crippen LogP contribution in [0.2, 0.25) is 0 Å². The number of likely N-dealkylation sites (tertiary alicyclic amines) is 1. The number of carbonyl (C=O) groups is 1. The van der Waals surface area contributed by atoms with Crippen LogP contribution in [0.5, 0.6) is 0 Å². The van der Waals surface area contributed by atoms with E-state index in [1.54, 1.807) is 0 Å². The molecule has 1 saturated heterocycles. The highest BCUT2D eigenvalue weighted by Crippen LogP contribution is 2.27. The smallest absolute Gasteiger partial charge is 0.228 e. The number of nitrogens with zero attached hydrogens (tertiary/aromatic N) is 4. The van der Waals surface area contributed by atoms with Crippen molar-refractivity contribution >= 4 is 5.91 Å². The highest BCUT2D eigenvalue weighted by Gasteiger charge is 2.33. The molecule has 23 heavy (non-hydrogen) atoms. The van der Waals surface area contributed by atoms with Gasteiger partial charge in [0.1, 0.15) is 0 Å². The lowest BCUT2D eigenvalue weighted by atomic mass is 9.87. The molecule has 0 bridgehead atoms. The average Bonchev–Trinajstić information content (AvgIpc) is 2.99. The molecule has 1 unspecified atom stereocenters. The van der Waals surface area contributed by atoms with E-state index < -0.39 is 0 Å². The first-order chi connectivity index (χ1) is 11.0. The van der Waals surface area contributed by atoms with Crippen LogP contribution in [0.3, 0.4) is 0 Å². The molecule has 0 spiro atoms. The lowest BCUT2D eigenvalue weighted by molar-refractivity contribution is -0.142. The number of rotatable bonds is 7. The summed E-state index contributed by atoms with van der Waals surface area (Å²) in [4.78, 5) is 14.7. The molecule has 2 rings (SSSR count). The first-order valence-corrected chi connectivity index (χ1v) is 9.14. The fraction of sp³-hybridized carbons (Fsp3) is 0.833. The zero-order valence-electron chi connectivity index (χ0n) is 15.2. The van der Waals surface area contributed by atoms with Crippen LogP contribution in [-0.4, -0.2) is 38.9 Å². The monoisotopic (exact) mass is 320 g/mol. The first kappa shape index (κ1) is 18.0. The molecule has 1 aliphatic heterocycles. The maximum absolute atomic E-state index is 12.7. The van der Waals surface area contributed by atoms with Crippen LogP contribution in [0.25, 0.3) is 0 Å².